The number of benzene rings is 1. The largest absolute Gasteiger partial charge is 0.504 e. The van der Waals surface area contributed by atoms with Crippen LogP contribution in [0.15, 0.2) is 27.1 Å². The van der Waals surface area contributed by atoms with Crippen molar-refractivity contribution in [3.05, 3.63) is 28.4 Å². The number of rotatable bonds is 1. The standard InChI is InChI=1S/C9H6BrNO3.H3N/c10-6-4-2-1-3-5(12)7(4)14-8(6)9(11)13;/h1-3,12H,(H2,11,13);1H3. The van der Waals surface area contributed by atoms with Crippen molar-refractivity contribution in [2.45, 2.75) is 0 Å². The lowest BCUT2D eigenvalue weighted by Crippen LogP contribution is -2.09. The van der Waals surface area contributed by atoms with Crippen LogP contribution in [0.5, 0.6) is 5.75 Å². The number of hydrogen-bond acceptors (Lipinski definition) is 4. The molecule has 80 valence electrons. The second-order valence-corrected chi connectivity index (χ2v) is 3.56. The topological polar surface area (TPSA) is 111 Å². The summed E-state index contributed by atoms with van der Waals surface area (Å²) in [6.07, 6.45) is 0. The van der Waals surface area contributed by atoms with E-state index in [1.54, 1.807) is 12.1 Å². The normalized spacial score (nSPS) is 9.93. The maximum Gasteiger partial charge on any atom is 0.285 e. The molecule has 1 amide bonds. The van der Waals surface area contributed by atoms with Gasteiger partial charge >= 0.3 is 0 Å². The highest BCUT2D eigenvalue weighted by Crippen LogP contribution is 2.35. The van der Waals surface area contributed by atoms with Crippen LogP contribution in [-0.4, -0.2) is 11.0 Å². The van der Waals surface area contributed by atoms with Gasteiger partial charge in [-0.3, -0.25) is 4.79 Å². The Morgan fingerprint density at radius 1 is 1.47 bits per heavy atom. The van der Waals surface area contributed by atoms with Crippen molar-refractivity contribution in [1.82, 2.24) is 6.15 Å². The first-order valence-electron chi connectivity index (χ1n) is 3.81. The van der Waals surface area contributed by atoms with Crippen molar-refractivity contribution in [3.8, 4) is 5.75 Å². The lowest BCUT2D eigenvalue weighted by molar-refractivity contribution is 0.0975. The Morgan fingerprint density at radius 2 is 2.13 bits per heavy atom. The number of phenols is 1. The van der Waals surface area contributed by atoms with Gasteiger partial charge in [-0.15, -0.1) is 0 Å². The Morgan fingerprint density at radius 3 is 2.67 bits per heavy atom. The Hall–Kier alpha value is -1.53. The van der Waals surface area contributed by atoms with Gasteiger partial charge in [-0.1, -0.05) is 6.07 Å². The molecule has 0 radical (unpaired) electrons. The Kier molecular flexibility index (Phi) is 3.01. The third-order valence-corrected chi connectivity index (χ3v) is 2.65. The number of halogens is 1. The summed E-state index contributed by atoms with van der Waals surface area (Å²) in [7, 11) is 0. The van der Waals surface area contributed by atoms with E-state index in [-0.39, 0.29) is 23.2 Å². The number of fused-ring (bicyclic) bond motifs is 1. The predicted octanol–water partition coefficient (Wildman–Crippen LogP) is 2.16. The van der Waals surface area contributed by atoms with E-state index in [2.05, 4.69) is 15.9 Å². The van der Waals surface area contributed by atoms with E-state index in [9.17, 15) is 9.90 Å². The Labute approximate surface area is 93.6 Å². The van der Waals surface area contributed by atoms with Crippen molar-refractivity contribution in [3.63, 3.8) is 0 Å². The molecule has 6 heteroatoms. The van der Waals surface area contributed by atoms with Gasteiger partial charge in [0, 0.05) is 5.39 Å². The summed E-state index contributed by atoms with van der Waals surface area (Å²) in [5.74, 6) is -0.676. The third kappa shape index (κ3) is 1.69. The number of primary amides is 1. The molecule has 15 heavy (non-hydrogen) atoms. The maximum absolute atomic E-state index is 10.9. The first-order valence-corrected chi connectivity index (χ1v) is 4.60. The van der Waals surface area contributed by atoms with Crippen LogP contribution in [0.1, 0.15) is 10.6 Å². The quantitative estimate of drug-likeness (QED) is 0.739. The van der Waals surface area contributed by atoms with Crippen molar-refractivity contribution in [2.24, 2.45) is 5.73 Å². The monoisotopic (exact) mass is 272 g/mol. The lowest BCUT2D eigenvalue weighted by atomic mass is 10.2. The zero-order chi connectivity index (χ0) is 10.3. The average molecular weight is 273 g/mol. The lowest BCUT2D eigenvalue weighted by Gasteiger charge is -1.90. The van der Waals surface area contributed by atoms with Gasteiger partial charge in [-0.2, -0.15) is 0 Å². The summed E-state index contributed by atoms with van der Waals surface area (Å²) in [6.45, 7) is 0. The van der Waals surface area contributed by atoms with Crippen LogP contribution in [0.3, 0.4) is 0 Å². The Balaban J connectivity index is 0.00000112. The molecule has 6 N–H and O–H groups in total. The average Bonchev–Trinajstić information content (AvgIpc) is 2.46. The van der Waals surface area contributed by atoms with Crippen LogP contribution in [-0.2, 0) is 0 Å². The van der Waals surface area contributed by atoms with Crippen LogP contribution < -0.4 is 11.9 Å². The minimum absolute atomic E-state index is 0. The van der Waals surface area contributed by atoms with E-state index in [0.717, 1.165) is 0 Å². The number of aromatic hydroxyl groups is 1. The predicted molar refractivity (Wildman–Crippen MR) is 59.1 cm³/mol. The number of nitrogens with two attached hydrogens (primary N) is 1. The first-order chi connectivity index (χ1) is 6.61. The van der Waals surface area contributed by atoms with Crippen molar-refractivity contribution >= 4 is 32.8 Å². The summed E-state index contributed by atoms with van der Waals surface area (Å²) in [6, 6.07) is 4.85. The number of carbonyl (C=O) groups is 1. The van der Waals surface area contributed by atoms with E-state index in [1.807, 2.05) is 0 Å². The van der Waals surface area contributed by atoms with Crippen molar-refractivity contribution in [2.75, 3.05) is 0 Å². The van der Waals surface area contributed by atoms with Crippen molar-refractivity contribution in [1.29, 1.82) is 0 Å². The minimum Gasteiger partial charge on any atom is -0.504 e. The fraction of sp³-hybridized carbons (Fsp3) is 0. The number of carbonyl (C=O) groups excluding carboxylic acids is 1. The van der Waals surface area contributed by atoms with E-state index in [0.29, 0.717) is 9.86 Å². The highest BCUT2D eigenvalue weighted by Gasteiger charge is 2.17. The molecule has 1 aromatic carbocycles. The molecular weight excluding hydrogens is 264 g/mol. The molecule has 0 fully saturated rings. The van der Waals surface area contributed by atoms with Gasteiger partial charge in [-0.25, -0.2) is 0 Å². The molecule has 2 rings (SSSR count). The third-order valence-electron chi connectivity index (χ3n) is 1.86. The molecule has 5 nitrogen and oxygen atoms in total. The number of furan rings is 1. The molecule has 0 aliphatic carbocycles. The summed E-state index contributed by atoms with van der Waals surface area (Å²) in [4.78, 5) is 10.9. The molecule has 1 heterocycles. The fourth-order valence-electron chi connectivity index (χ4n) is 1.23. The van der Waals surface area contributed by atoms with Gasteiger partial charge in [0.15, 0.2) is 11.3 Å². The fourth-order valence-corrected chi connectivity index (χ4v) is 1.82. The summed E-state index contributed by atoms with van der Waals surface area (Å²) < 4.78 is 5.59. The van der Waals surface area contributed by atoms with E-state index in [1.165, 1.54) is 6.07 Å². The number of amides is 1. The summed E-state index contributed by atoms with van der Waals surface area (Å²) in [5.41, 5.74) is 5.34. The molecule has 0 aliphatic rings. The number of hydrogen-bond donors (Lipinski definition) is 3. The van der Waals surface area contributed by atoms with E-state index in [4.69, 9.17) is 10.2 Å². The van der Waals surface area contributed by atoms with Gasteiger partial charge in [0.05, 0.1) is 4.47 Å². The smallest absolute Gasteiger partial charge is 0.285 e. The first kappa shape index (κ1) is 11.5. The highest BCUT2D eigenvalue weighted by atomic mass is 79.9. The molecular formula is C9H9BrN2O3. The molecule has 0 bridgehead atoms. The van der Waals surface area contributed by atoms with Crippen LogP contribution in [0.2, 0.25) is 0 Å². The molecule has 0 spiro atoms. The van der Waals surface area contributed by atoms with Crippen LogP contribution in [0.4, 0.5) is 0 Å². The molecule has 2 aromatic rings. The van der Waals surface area contributed by atoms with Gasteiger partial charge < -0.3 is 21.4 Å². The zero-order valence-corrected chi connectivity index (χ0v) is 9.24. The SMILES string of the molecule is N.NC(=O)c1oc2c(O)cccc2c1Br. The molecule has 0 atom stereocenters. The second-order valence-electron chi connectivity index (χ2n) is 2.76. The van der Waals surface area contributed by atoms with Gasteiger partial charge in [-0.05, 0) is 28.1 Å². The molecule has 1 aromatic heterocycles. The summed E-state index contributed by atoms with van der Waals surface area (Å²) in [5, 5.41) is 10.0. The minimum atomic E-state index is -0.674. The number of phenolic OH excluding ortho intramolecular Hbond substituents is 1. The van der Waals surface area contributed by atoms with E-state index >= 15 is 0 Å². The molecule has 0 saturated carbocycles. The van der Waals surface area contributed by atoms with Crippen LogP contribution >= 0.6 is 15.9 Å². The van der Waals surface area contributed by atoms with Gasteiger partial charge in [0.2, 0.25) is 5.76 Å². The molecule has 0 aliphatic heterocycles. The van der Waals surface area contributed by atoms with Crippen LogP contribution in [0, 0.1) is 0 Å². The summed E-state index contributed by atoms with van der Waals surface area (Å²) >= 11 is 3.18. The second kappa shape index (κ2) is 3.92. The Bertz CT molecular complexity index is 521. The van der Waals surface area contributed by atoms with Crippen molar-refractivity contribution < 1.29 is 14.3 Å². The highest BCUT2D eigenvalue weighted by molar-refractivity contribution is 9.10. The number of para-hydroxylation sites is 1. The van der Waals surface area contributed by atoms with Gasteiger partial charge in [0.1, 0.15) is 0 Å². The van der Waals surface area contributed by atoms with Crippen LogP contribution in [0.25, 0.3) is 11.0 Å². The zero-order valence-electron chi connectivity index (χ0n) is 7.66. The molecule has 0 unspecified atom stereocenters. The van der Waals surface area contributed by atoms with Gasteiger partial charge in [0.25, 0.3) is 5.91 Å². The molecule has 0 saturated heterocycles. The van der Waals surface area contributed by atoms with E-state index < -0.39 is 5.91 Å². The maximum atomic E-state index is 10.9.